The summed E-state index contributed by atoms with van der Waals surface area (Å²) in [6.45, 7) is 3.93. The van der Waals surface area contributed by atoms with Crippen LogP contribution in [0.3, 0.4) is 0 Å². The molecule has 4 nitrogen and oxygen atoms in total. The van der Waals surface area contributed by atoms with E-state index in [1.807, 2.05) is 38.1 Å². The van der Waals surface area contributed by atoms with Crippen molar-refractivity contribution in [2.24, 2.45) is 0 Å². The van der Waals surface area contributed by atoms with E-state index in [9.17, 15) is 4.39 Å². The fourth-order valence-electron chi connectivity index (χ4n) is 2.07. The second kappa shape index (κ2) is 5.44. The number of hydrogen-bond donors (Lipinski definition) is 0. The van der Waals surface area contributed by atoms with Crippen LogP contribution >= 0.6 is 15.9 Å². The van der Waals surface area contributed by atoms with Crippen molar-refractivity contribution in [3.63, 3.8) is 0 Å². The van der Waals surface area contributed by atoms with Gasteiger partial charge in [0.25, 0.3) is 0 Å². The Morgan fingerprint density at radius 2 is 1.86 bits per heavy atom. The smallest absolute Gasteiger partial charge is 0.165 e. The van der Waals surface area contributed by atoms with E-state index in [1.165, 1.54) is 4.68 Å². The van der Waals surface area contributed by atoms with Gasteiger partial charge in [-0.25, -0.2) is 9.07 Å². The molecular weight excluding hydrogens is 337 g/mol. The summed E-state index contributed by atoms with van der Waals surface area (Å²) in [6.07, 6.45) is 0.108. The van der Waals surface area contributed by atoms with Gasteiger partial charge in [-0.3, -0.25) is 0 Å². The maximum Gasteiger partial charge on any atom is 0.165 e. The molecule has 0 aliphatic heterocycles. The Hall–Kier alpha value is -1.95. The third-order valence-electron chi connectivity index (χ3n) is 2.95. The van der Waals surface area contributed by atoms with Crippen LogP contribution in [0.1, 0.15) is 13.8 Å². The molecule has 0 N–H and O–H groups in total. The summed E-state index contributed by atoms with van der Waals surface area (Å²) in [5, 5.41) is 8.01. The van der Waals surface area contributed by atoms with Crippen LogP contribution in [0.4, 0.5) is 4.39 Å². The van der Waals surface area contributed by atoms with Crippen molar-refractivity contribution in [3.05, 3.63) is 46.7 Å². The van der Waals surface area contributed by atoms with Crippen LogP contribution in [0.25, 0.3) is 16.7 Å². The summed E-state index contributed by atoms with van der Waals surface area (Å²) in [7, 11) is 0. The molecule has 1 aromatic heterocycles. The summed E-state index contributed by atoms with van der Waals surface area (Å²) in [5.74, 6) is 0.389. The molecule has 6 heteroatoms. The normalized spacial score (nSPS) is 11.3. The first-order chi connectivity index (χ1) is 10.1. The Balaban J connectivity index is 2.06. The topological polar surface area (TPSA) is 39.9 Å². The van der Waals surface area contributed by atoms with Crippen molar-refractivity contribution in [1.82, 2.24) is 15.0 Å². The van der Waals surface area contributed by atoms with Gasteiger partial charge in [-0.2, -0.15) is 0 Å². The molecule has 0 unspecified atom stereocenters. The molecule has 0 aliphatic rings. The quantitative estimate of drug-likeness (QED) is 0.714. The molecule has 2 aromatic carbocycles. The summed E-state index contributed by atoms with van der Waals surface area (Å²) in [5.41, 5.74) is 1.59. The van der Waals surface area contributed by atoms with Crippen LogP contribution in [0.5, 0.6) is 5.75 Å². The number of aromatic nitrogens is 3. The Morgan fingerprint density at radius 1 is 1.14 bits per heavy atom. The molecule has 21 heavy (non-hydrogen) atoms. The van der Waals surface area contributed by atoms with Gasteiger partial charge in [-0.1, -0.05) is 5.21 Å². The van der Waals surface area contributed by atoms with Crippen LogP contribution in [-0.2, 0) is 0 Å². The molecule has 0 amide bonds. The van der Waals surface area contributed by atoms with Gasteiger partial charge >= 0.3 is 0 Å². The lowest BCUT2D eigenvalue weighted by molar-refractivity contribution is 0.242. The number of rotatable bonds is 3. The number of benzene rings is 2. The van der Waals surface area contributed by atoms with Crippen molar-refractivity contribution in [2.75, 3.05) is 0 Å². The lowest BCUT2D eigenvalue weighted by atomic mass is 10.2. The van der Waals surface area contributed by atoms with Crippen molar-refractivity contribution >= 4 is 27.0 Å². The lowest BCUT2D eigenvalue weighted by Gasteiger charge is -2.10. The molecule has 3 aromatic rings. The maximum absolute atomic E-state index is 14.3. The summed E-state index contributed by atoms with van der Waals surface area (Å²) in [6, 6.07) is 10.7. The number of hydrogen-bond acceptors (Lipinski definition) is 3. The first-order valence-corrected chi connectivity index (χ1v) is 7.32. The highest BCUT2D eigenvalue weighted by Gasteiger charge is 2.14. The minimum absolute atomic E-state index is 0.108. The molecule has 108 valence electrons. The van der Waals surface area contributed by atoms with E-state index in [2.05, 4.69) is 26.2 Å². The van der Waals surface area contributed by atoms with E-state index in [-0.39, 0.29) is 11.9 Å². The van der Waals surface area contributed by atoms with E-state index < -0.39 is 0 Å². The number of ether oxygens (including phenoxy) is 1. The minimum Gasteiger partial charge on any atom is -0.491 e. The third-order valence-corrected chi connectivity index (χ3v) is 3.57. The fourth-order valence-corrected chi connectivity index (χ4v) is 2.39. The molecule has 0 bridgehead atoms. The summed E-state index contributed by atoms with van der Waals surface area (Å²) in [4.78, 5) is 0. The molecule has 0 aliphatic carbocycles. The number of nitrogens with zero attached hydrogens (tertiary/aromatic N) is 3. The Kier molecular flexibility index (Phi) is 3.63. The highest BCUT2D eigenvalue weighted by atomic mass is 79.9. The predicted molar refractivity (Wildman–Crippen MR) is 82.3 cm³/mol. The van der Waals surface area contributed by atoms with Gasteiger partial charge in [0, 0.05) is 0 Å². The van der Waals surface area contributed by atoms with Crippen LogP contribution in [-0.4, -0.2) is 21.1 Å². The van der Waals surface area contributed by atoms with E-state index in [0.717, 1.165) is 11.4 Å². The number of fused-ring (bicyclic) bond motifs is 1. The Bertz CT molecular complexity index is 783. The summed E-state index contributed by atoms with van der Waals surface area (Å²) >= 11 is 3.18. The van der Waals surface area contributed by atoms with E-state index in [4.69, 9.17) is 4.74 Å². The van der Waals surface area contributed by atoms with Gasteiger partial charge in [-0.15, -0.1) is 5.10 Å². The first-order valence-electron chi connectivity index (χ1n) is 6.53. The van der Waals surface area contributed by atoms with Crippen molar-refractivity contribution in [3.8, 4) is 11.4 Å². The van der Waals surface area contributed by atoms with Gasteiger partial charge in [0.2, 0.25) is 0 Å². The Labute approximate surface area is 129 Å². The van der Waals surface area contributed by atoms with Crippen LogP contribution < -0.4 is 4.74 Å². The fraction of sp³-hybridized carbons (Fsp3) is 0.200. The average Bonchev–Trinajstić information content (AvgIpc) is 2.88. The molecule has 3 rings (SSSR count). The Morgan fingerprint density at radius 3 is 2.52 bits per heavy atom. The zero-order valence-electron chi connectivity index (χ0n) is 11.5. The largest absolute Gasteiger partial charge is 0.491 e. The third kappa shape index (κ3) is 2.63. The van der Waals surface area contributed by atoms with Crippen LogP contribution in [0.15, 0.2) is 40.9 Å². The first kappa shape index (κ1) is 14.0. The zero-order valence-corrected chi connectivity index (χ0v) is 13.1. The van der Waals surface area contributed by atoms with Crippen molar-refractivity contribution in [2.45, 2.75) is 20.0 Å². The molecule has 0 atom stereocenters. The van der Waals surface area contributed by atoms with E-state index in [0.29, 0.717) is 15.5 Å². The molecule has 0 spiro atoms. The van der Waals surface area contributed by atoms with Gasteiger partial charge in [0.1, 0.15) is 16.8 Å². The molecule has 0 saturated carbocycles. The van der Waals surface area contributed by atoms with Gasteiger partial charge in [0.05, 0.1) is 16.3 Å². The zero-order chi connectivity index (χ0) is 15.0. The van der Waals surface area contributed by atoms with Gasteiger partial charge in [-0.05, 0) is 66.2 Å². The molecule has 0 saturated heterocycles. The predicted octanol–water partition coefficient (Wildman–Crippen LogP) is 4.11. The maximum atomic E-state index is 14.3. The van der Waals surface area contributed by atoms with Gasteiger partial charge < -0.3 is 4.74 Å². The second-order valence-electron chi connectivity index (χ2n) is 4.89. The second-order valence-corrected chi connectivity index (χ2v) is 5.75. The molecular formula is C15H13BrFN3O. The minimum atomic E-state index is -0.375. The van der Waals surface area contributed by atoms with Crippen LogP contribution in [0.2, 0.25) is 0 Å². The van der Waals surface area contributed by atoms with Crippen molar-refractivity contribution in [1.29, 1.82) is 0 Å². The molecule has 1 heterocycles. The lowest BCUT2D eigenvalue weighted by Crippen LogP contribution is -2.05. The van der Waals surface area contributed by atoms with Crippen molar-refractivity contribution < 1.29 is 9.13 Å². The molecule has 0 fully saturated rings. The SMILES string of the molecule is CC(C)Oc1ccc(-n2nnc3ccc(Br)c(F)c32)cc1. The van der Waals surface area contributed by atoms with E-state index in [1.54, 1.807) is 12.1 Å². The van der Waals surface area contributed by atoms with Crippen LogP contribution in [0, 0.1) is 5.82 Å². The average molecular weight is 350 g/mol. The highest BCUT2D eigenvalue weighted by Crippen LogP contribution is 2.26. The number of halogens is 2. The summed E-state index contributed by atoms with van der Waals surface area (Å²) < 4.78 is 21.7. The molecule has 0 radical (unpaired) electrons. The highest BCUT2D eigenvalue weighted by molar-refractivity contribution is 9.10. The monoisotopic (exact) mass is 349 g/mol. The van der Waals surface area contributed by atoms with Gasteiger partial charge in [0.15, 0.2) is 5.82 Å². The standard InChI is InChI=1S/C15H13BrFN3O/c1-9(2)21-11-5-3-10(4-6-11)20-15-13(18-19-20)8-7-12(16)14(15)17/h3-9H,1-2H3. The van der Waals surface area contributed by atoms with E-state index >= 15 is 0 Å².